The normalized spacial score (nSPS) is 20.1. The fraction of sp³-hybridized carbons (Fsp3) is 0.818. The summed E-state index contributed by atoms with van der Waals surface area (Å²) in [6.07, 6.45) is -1.48. The number of rotatable bonds is 7. The number of nitrogens with zero attached hydrogens (tertiary/aromatic N) is 2. The second-order valence-electron chi connectivity index (χ2n) is 4.25. The van der Waals surface area contributed by atoms with Gasteiger partial charge in [-0.25, -0.2) is 8.78 Å². The topological polar surface area (TPSA) is 69.4 Å². The van der Waals surface area contributed by atoms with E-state index in [4.69, 9.17) is 14.0 Å². The maximum atomic E-state index is 11.8. The van der Waals surface area contributed by atoms with Crippen LogP contribution in [-0.2, 0) is 22.3 Å². The zero-order valence-electron chi connectivity index (χ0n) is 10.5. The van der Waals surface area contributed by atoms with Gasteiger partial charge in [-0.15, -0.1) is 0 Å². The van der Waals surface area contributed by atoms with E-state index in [1.807, 2.05) is 0 Å². The molecule has 0 radical (unpaired) electrons. The van der Waals surface area contributed by atoms with Crippen molar-refractivity contribution >= 4 is 0 Å². The van der Waals surface area contributed by atoms with Crippen LogP contribution in [0.2, 0.25) is 0 Å². The Hall–Kier alpha value is -1.12. The molecule has 0 aliphatic carbocycles. The lowest BCUT2D eigenvalue weighted by Crippen LogP contribution is -2.42. The zero-order chi connectivity index (χ0) is 13.5. The lowest BCUT2D eigenvalue weighted by atomic mass is 10.2. The molecule has 0 spiro atoms. The molecule has 1 aliphatic rings. The number of morpholine rings is 1. The summed E-state index contributed by atoms with van der Waals surface area (Å²) < 4.78 is 38.8. The van der Waals surface area contributed by atoms with Crippen LogP contribution in [0, 0.1) is 0 Å². The first-order valence-corrected chi connectivity index (χ1v) is 6.22. The van der Waals surface area contributed by atoms with Crippen LogP contribution < -0.4 is 5.32 Å². The van der Waals surface area contributed by atoms with Gasteiger partial charge in [-0.1, -0.05) is 5.16 Å². The zero-order valence-corrected chi connectivity index (χ0v) is 10.5. The van der Waals surface area contributed by atoms with Crippen molar-refractivity contribution in [3.05, 3.63) is 11.7 Å². The summed E-state index contributed by atoms with van der Waals surface area (Å²) in [4.78, 5) is 4.18. The van der Waals surface area contributed by atoms with E-state index in [-0.39, 0.29) is 12.6 Å². The van der Waals surface area contributed by atoms with Crippen LogP contribution in [0.5, 0.6) is 0 Å². The van der Waals surface area contributed by atoms with Gasteiger partial charge in [-0.3, -0.25) is 0 Å². The van der Waals surface area contributed by atoms with E-state index >= 15 is 0 Å². The van der Waals surface area contributed by atoms with Crippen LogP contribution in [0.4, 0.5) is 8.78 Å². The molecule has 1 aromatic rings. The van der Waals surface area contributed by atoms with Crippen molar-refractivity contribution in [1.82, 2.24) is 15.5 Å². The Kier molecular flexibility index (Phi) is 5.62. The Morgan fingerprint density at radius 1 is 1.47 bits per heavy atom. The number of hydrogen-bond acceptors (Lipinski definition) is 6. The standard InChI is InChI=1S/C11H17F2N3O3/c12-9(13)7-17-3-1-10-15-11(19-16-10)5-8-6-18-4-2-14-8/h8-9,14H,1-7H2. The highest BCUT2D eigenvalue weighted by Gasteiger charge is 2.17. The Morgan fingerprint density at radius 2 is 2.37 bits per heavy atom. The number of alkyl halides is 2. The minimum Gasteiger partial charge on any atom is -0.378 e. The molecular weight excluding hydrogens is 260 g/mol. The molecule has 2 heterocycles. The Labute approximate surface area is 109 Å². The van der Waals surface area contributed by atoms with Gasteiger partial charge < -0.3 is 19.3 Å². The Balaban J connectivity index is 1.69. The Morgan fingerprint density at radius 3 is 3.11 bits per heavy atom. The second kappa shape index (κ2) is 7.46. The van der Waals surface area contributed by atoms with Crippen LogP contribution in [0.15, 0.2) is 4.52 Å². The average molecular weight is 277 g/mol. The summed E-state index contributed by atoms with van der Waals surface area (Å²) >= 11 is 0. The van der Waals surface area contributed by atoms with Crippen molar-refractivity contribution < 1.29 is 22.8 Å². The molecular formula is C11H17F2N3O3. The minimum atomic E-state index is -2.45. The molecule has 1 aliphatic heterocycles. The number of nitrogens with one attached hydrogen (secondary N) is 1. The molecule has 0 bridgehead atoms. The largest absolute Gasteiger partial charge is 0.378 e. The van der Waals surface area contributed by atoms with E-state index in [1.54, 1.807) is 0 Å². The fourth-order valence-electron chi connectivity index (χ4n) is 1.77. The predicted octanol–water partition coefficient (Wildman–Crippen LogP) is 0.425. The van der Waals surface area contributed by atoms with Gasteiger partial charge in [-0.2, -0.15) is 4.98 Å². The predicted molar refractivity (Wildman–Crippen MR) is 61.1 cm³/mol. The molecule has 2 rings (SSSR count). The number of ether oxygens (including phenoxy) is 2. The van der Waals surface area contributed by atoms with Gasteiger partial charge in [0.05, 0.1) is 19.8 Å². The van der Waals surface area contributed by atoms with Gasteiger partial charge in [0.15, 0.2) is 5.82 Å². The van der Waals surface area contributed by atoms with Crippen LogP contribution in [0.3, 0.4) is 0 Å². The Bertz CT molecular complexity index is 370. The molecule has 0 saturated carbocycles. The van der Waals surface area contributed by atoms with E-state index in [0.717, 1.165) is 6.54 Å². The highest BCUT2D eigenvalue weighted by Crippen LogP contribution is 2.05. The summed E-state index contributed by atoms with van der Waals surface area (Å²) in [5.74, 6) is 0.993. The average Bonchev–Trinajstić information content (AvgIpc) is 2.83. The van der Waals surface area contributed by atoms with E-state index in [9.17, 15) is 8.78 Å². The second-order valence-corrected chi connectivity index (χ2v) is 4.25. The highest BCUT2D eigenvalue weighted by atomic mass is 19.3. The van der Waals surface area contributed by atoms with Gasteiger partial charge >= 0.3 is 0 Å². The van der Waals surface area contributed by atoms with Crippen molar-refractivity contribution in [2.75, 3.05) is 33.0 Å². The highest BCUT2D eigenvalue weighted by molar-refractivity contribution is 4.90. The quantitative estimate of drug-likeness (QED) is 0.729. The van der Waals surface area contributed by atoms with Gasteiger partial charge in [0.25, 0.3) is 6.43 Å². The summed E-state index contributed by atoms with van der Waals surface area (Å²) in [5, 5.41) is 7.06. The molecule has 1 aromatic heterocycles. The molecule has 19 heavy (non-hydrogen) atoms. The van der Waals surface area contributed by atoms with Crippen molar-refractivity contribution in [2.24, 2.45) is 0 Å². The molecule has 0 aromatic carbocycles. The number of hydrogen-bond donors (Lipinski definition) is 1. The molecule has 108 valence electrons. The van der Waals surface area contributed by atoms with E-state index in [1.165, 1.54) is 0 Å². The molecule has 1 N–H and O–H groups in total. The lowest BCUT2D eigenvalue weighted by Gasteiger charge is -2.22. The van der Waals surface area contributed by atoms with E-state index in [2.05, 4.69) is 15.5 Å². The van der Waals surface area contributed by atoms with Gasteiger partial charge in [0.1, 0.15) is 6.61 Å². The van der Waals surface area contributed by atoms with E-state index < -0.39 is 13.0 Å². The number of halogens is 2. The van der Waals surface area contributed by atoms with Crippen molar-refractivity contribution in [2.45, 2.75) is 25.3 Å². The van der Waals surface area contributed by atoms with Crippen molar-refractivity contribution in [1.29, 1.82) is 0 Å². The molecule has 1 unspecified atom stereocenters. The third-order valence-electron chi connectivity index (χ3n) is 2.64. The first-order valence-electron chi connectivity index (χ1n) is 6.22. The third-order valence-corrected chi connectivity index (χ3v) is 2.64. The number of aromatic nitrogens is 2. The van der Waals surface area contributed by atoms with Gasteiger partial charge in [0, 0.05) is 25.4 Å². The fourth-order valence-corrected chi connectivity index (χ4v) is 1.77. The molecule has 1 fully saturated rings. The van der Waals surface area contributed by atoms with Crippen LogP contribution in [-0.4, -0.2) is 55.6 Å². The molecule has 6 nitrogen and oxygen atoms in total. The first-order chi connectivity index (χ1) is 9.24. The summed E-state index contributed by atoms with van der Waals surface area (Å²) in [7, 11) is 0. The van der Waals surface area contributed by atoms with Gasteiger partial charge in [0.2, 0.25) is 5.89 Å². The van der Waals surface area contributed by atoms with Crippen LogP contribution in [0.1, 0.15) is 11.7 Å². The lowest BCUT2D eigenvalue weighted by molar-refractivity contribution is 0.0182. The molecule has 1 atom stereocenters. The molecule has 1 saturated heterocycles. The summed E-state index contributed by atoms with van der Waals surface area (Å²) in [6, 6.07) is 0.178. The third kappa shape index (κ3) is 5.17. The molecule has 0 amide bonds. The molecule has 8 heteroatoms. The maximum absolute atomic E-state index is 11.8. The first kappa shape index (κ1) is 14.3. The minimum absolute atomic E-state index is 0.161. The van der Waals surface area contributed by atoms with Gasteiger partial charge in [-0.05, 0) is 0 Å². The smallest absolute Gasteiger partial charge is 0.261 e. The van der Waals surface area contributed by atoms with Crippen molar-refractivity contribution in [3.8, 4) is 0 Å². The van der Waals surface area contributed by atoms with Crippen LogP contribution in [0.25, 0.3) is 0 Å². The van der Waals surface area contributed by atoms with Crippen molar-refractivity contribution in [3.63, 3.8) is 0 Å². The SMILES string of the molecule is FC(F)COCCc1noc(CC2COCCN2)n1. The summed E-state index contributed by atoms with van der Waals surface area (Å²) in [6.45, 7) is 1.75. The maximum Gasteiger partial charge on any atom is 0.261 e. The van der Waals surface area contributed by atoms with Crippen LogP contribution >= 0.6 is 0 Å². The monoisotopic (exact) mass is 277 g/mol. The van der Waals surface area contributed by atoms with E-state index in [0.29, 0.717) is 37.8 Å². The summed E-state index contributed by atoms with van der Waals surface area (Å²) in [5.41, 5.74) is 0.